The van der Waals surface area contributed by atoms with Gasteiger partial charge in [0.2, 0.25) is 5.91 Å². The van der Waals surface area contributed by atoms with Crippen molar-refractivity contribution in [2.24, 2.45) is 0 Å². The van der Waals surface area contributed by atoms with E-state index in [2.05, 4.69) is 4.90 Å². The van der Waals surface area contributed by atoms with Crippen molar-refractivity contribution in [1.82, 2.24) is 14.7 Å². The Morgan fingerprint density at radius 3 is 2.35 bits per heavy atom. The lowest BCUT2D eigenvalue weighted by Crippen LogP contribution is -2.41. The average Bonchev–Trinajstić information content (AvgIpc) is 2.89. The lowest BCUT2D eigenvalue weighted by Gasteiger charge is -2.27. The number of likely N-dealkylation sites (N-methyl/N-ethyl adjacent to an activating group) is 1. The molecule has 2 aliphatic heterocycles. The third-order valence-electron chi connectivity index (χ3n) is 5.12. The van der Waals surface area contributed by atoms with Crippen LogP contribution in [0.4, 0.5) is 0 Å². The fourth-order valence-corrected chi connectivity index (χ4v) is 3.69. The van der Waals surface area contributed by atoms with Gasteiger partial charge in [-0.3, -0.25) is 19.4 Å². The lowest BCUT2D eigenvalue weighted by atomic mass is 10.1. The first-order valence-corrected chi connectivity index (χ1v) is 8.98. The van der Waals surface area contributed by atoms with Crippen molar-refractivity contribution in [1.29, 1.82) is 0 Å². The van der Waals surface area contributed by atoms with Gasteiger partial charge in [-0.1, -0.05) is 12.8 Å². The second kappa shape index (κ2) is 9.23. The van der Waals surface area contributed by atoms with E-state index in [1.54, 1.807) is 0 Å². The summed E-state index contributed by atoms with van der Waals surface area (Å²) in [6, 6.07) is 0.310. The Morgan fingerprint density at radius 1 is 1.00 bits per heavy atom. The molecular formula is C17H31N3O3. The van der Waals surface area contributed by atoms with Crippen LogP contribution in [0.3, 0.4) is 0 Å². The van der Waals surface area contributed by atoms with Gasteiger partial charge < -0.3 is 10.0 Å². The molecule has 0 saturated carbocycles. The predicted molar refractivity (Wildman–Crippen MR) is 89.4 cm³/mol. The number of aliphatic carboxylic acids is 1. The summed E-state index contributed by atoms with van der Waals surface area (Å²) < 4.78 is 0. The van der Waals surface area contributed by atoms with Crippen LogP contribution in [0, 0.1) is 0 Å². The fourth-order valence-electron chi connectivity index (χ4n) is 3.69. The zero-order chi connectivity index (χ0) is 16.7. The summed E-state index contributed by atoms with van der Waals surface area (Å²) in [5.74, 6) is -0.505. The number of carboxylic acids is 1. The van der Waals surface area contributed by atoms with Crippen molar-refractivity contribution >= 4 is 11.9 Å². The van der Waals surface area contributed by atoms with Crippen LogP contribution >= 0.6 is 0 Å². The van der Waals surface area contributed by atoms with Crippen LogP contribution in [-0.2, 0) is 9.59 Å². The van der Waals surface area contributed by atoms with Crippen molar-refractivity contribution in [3.05, 3.63) is 0 Å². The Hall–Kier alpha value is -1.14. The highest BCUT2D eigenvalue weighted by Gasteiger charge is 2.24. The maximum Gasteiger partial charge on any atom is 0.317 e. The molecule has 0 aliphatic carbocycles. The molecule has 0 aromatic rings. The van der Waals surface area contributed by atoms with Gasteiger partial charge in [-0.05, 0) is 45.7 Å². The van der Waals surface area contributed by atoms with E-state index in [-0.39, 0.29) is 12.5 Å². The minimum atomic E-state index is -0.773. The van der Waals surface area contributed by atoms with Gasteiger partial charge in [0.15, 0.2) is 0 Å². The molecule has 6 nitrogen and oxygen atoms in total. The van der Waals surface area contributed by atoms with Crippen LogP contribution in [-0.4, -0.2) is 84.0 Å². The van der Waals surface area contributed by atoms with Gasteiger partial charge in [0.1, 0.15) is 0 Å². The Kier molecular flexibility index (Phi) is 7.30. The van der Waals surface area contributed by atoms with Gasteiger partial charge in [-0.15, -0.1) is 0 Å². The van der Waals surface area contributed by atoms with Crippen LogP contribution in [0.25, 0.3) is 0 Å². The fraction of sp³-hybridized carbons (Fsp3) is 0.882. The molecule has 2 fully saturated rings. The minimum Gasteiger partial charge on any atom is -0.480 e. The van der Waals surface area contributed by atoms with Gasteiger partial charge >= 0.3 is 5.97 Å². The Bertz CT molecular complexity index is 395. The molecule has 6 heteroatoms. The maximum atomic E-state index is 12.5. The molecule has 132 valence electrons. The molecule has 2 rings (SSSR count). The molecule has 1 amide bonds. The molecule has 2 saturated heterocycles. The van der Waals surface area contributed by atoms with Gasteiger partial charge in [0.05, 0.1) is 13.1 Å². The van der Waals surface area contributed by atoms with Crippen LogP contribution in [0.1, 0.15) is 44.9 Å². The van der Waals surface area contributed by atoms with Crippen molar-refractivity contribution in [2.45, 2.75) is 51.0 Å². The maximum absolute atomic E-state index is 12.5. The number of rotatable bonds is 5. The number of likely N-dealkylation sites (tertiary alicyclic amines) is 2. The first kappa shape index (κ1) is 18.2. The molecule has 0 bridgehead atoms. The van der Waals surface area contributed by atoms with E-state index in [0.29, 0.717) is 12.6 Å². The molecule has 0 radical (unpaired) electrons. The highest BCUT2D eigenvalue weighted by atomic mass is 16.4. The zero-order valence-electron chi connectivity index (χ0n) is 14.4. The van der Waals surface area contributed by atoms with Gasteiger partial charge in [-0.2, -0.15) is 0 Å². The Balaban J connectivity index is 1.78. The molecule has 1 N–H and O–H groups in total. The minimum absolute atomic E-state index is 0.0946. The number of carbonyl (C=O) groups is 2. The molecule has 0 spiro atoms. The van der Waals surface area contributed by atoms with E-state index < -0.39 is 5.97 Å². The monoisotopic (exact) mass is 325 g/mol. The number of hydrogen-bond donors (Lipinski definition) is 1. The normalized spacial score (nSPS) is 24.3. The summed E-state index contributed by atoms with van der Waals surface area (Å²) in [6.45, 7) is 4.27. The van der Waals surface area contributed by atoms with Crippen LogP contribution in [0.5, 0.6) is 0 Å². The number of amides is 1. The van der Waals surface area contributed by atoms with E-state index >= 15 is 0 Å². The summed E-state index contributed by atoms with van der Waals surface area (Å²) in [4.78, 5) is 29.6. The molecule has 1 unspecified atom stereocenters. The van der Waals surface area contributed by atoms with Crippen molar-refractivity contribution in [3.63, 3.8) is 0 Å². The summed E-state index contributed by atoms with van der Waals surface area (Å²) >= 11 is 0. The summed E-state index contributed by atoms with van der Waals surface area (Å²) in [7, 11) is 1.89. The Morgan fingerprint density at radius 2 is 1.70 bits per heavy atom. The van der Waals surface area contributed by atoms with Gasteiger partial charge in [0.25, 0.3) is 0 Å². The topological polar surface area (TPSA) is 64.1 Å². The Labute approximate surface area is 139 Å². The average molecular weight is 325 g/mol. The van der Waals surface area contributed by atoms with Crippen molar-refractivity contribution in [2.75, 3.05) is 46.3 Å². The van der Waals surface area contributed by atoms with E-state index in [4.69, 9.17) is 5.11 Å². The van der Waals surface area contributed by atoms with Crippen LogP contribution in [0.2, 0.25) is 0 Å². The largest absolute Gasteiger partial charge is 0.480 e. The molecular weight excluding hydrogens is 294 g/mol. The SMILES string of the molecule is CN(CC(=O)O)C1CCCN(CC(=O)N2CCCCCC2)CC1. The lowest BCUT2D eigenvalue weighted by molar-refractivity contribution is -0.138. The zero-order valence-corrected chi connectivity index (χ0v) is 14.4. The molecule has 0 aromatic heterocycles. The smallest absolute Gasteiger partial charge is 0.317 e. The molecule has 2 heterocycles. The van der Waals surface area contributed by atoms with Crippen molar-refractivity contribution in [3.8, 4) is 0 Å². The number of hydrogen-bond acceptors (Lipinski definition) is 4. The second-order valence-electron chi connectivity index (χ2n) is 6.96. The van der Waals surface area contributed by atoms with E-state index in [1.807, 2.05) is 16.8 Å². The predicted octanol–water partition coefficient (Wildman–Crippen LogP) is 1.26. The molecule has 23 heavy (non-hydrogen) atoms. The number of carbonyl (C=O) groups excluding carboxylic acids is 1. The number of nitrogens with zero attached hydrogens (tertiary/aromatic N) is 3. The molecule has 0 aromatic carbocycles. The molecule has 1 atom stereocenters. The van der Waals surface area contributed by atoms with Crippen LogP contribution in [0.15, 0.2) is 0 Å². The summed E-state index contributed by atoms with van der Waals surface area (Å²) in [6.07, 6.45) is 7.73. The first-order valence-electron chi connectivity index (χ1n) is 8.98. The third kappa shape index (κ3) is 6.11. The highest BCUT2D eigenvalue weighted by Crippen LogP contribution is 2.16. The second-order valence-corrected chi connectivity index (χ2v) is 6.96. The van der Waals surface area contributed by atoms with E-state index in [9.17, 15) is 9.59 Å². The van der Waals surface area contributed by atoms with Crippen LogP contribution < -0.4 is 0 Å². The summed E-state index contributed by atoms with van der Waals surface area (Å²) in [5, 5.41) is 8.92. The summed E-state index contributed by atoms with van der Waals surface area (Å²) in [5.41, 5.74) is 0. The standard InChI is InChI=1S/C17H31N3O3/c1-18(14-17(22)23)15-7-6-9-19(12-8-15)13-16(21)20-10-4-2-3-5-11-20/h15H,2-14H2,1H3,(H,22,23). The van der Waals surface area contributed by atoms with E-state index in [0.717, 1.165) is 58.3 Å². The van der Waals surface area contributed by atoms with Gasteiger partial charge in [0, 0.05) is 25.7 Å². The van der Waals surface area contributed by atoms with Crippen molar-refractivity contribution < 1.29 is 14.7 Å². The first-order chi connectivity index (χ1) is 11.1. The van der Waals surface area contributed by atoms with E-state index in [1.165, 1.54) is 12.8 Å². The quantitative estimate of drug-likeness (QED) is 0.824. The molecule has 2 aliphatic rings. The third-order valence-corrected chi connectivity index (χ3v) is 5.12. The van der Waals surface area contributed by atoms with Gasteiger partial charge in [-0.25, -0.2) is 0 Å². The highest BCUT2D eigenvalue weighted by molar-refractivity contribution is 5.78. The number of carboxylic acid groups (broad SMARTS) is 1.